The highest BCUT2D eigenvalue weighted by molar-refractivity contribution is 5.86. The summed E-state index contributed by atoms with van der Waals surface area (Å²) in [5, 5.41) is 8.50. The molecule has 0 aromatic heterocycles. The monoisotopic (exact) mass is 322 g/mol. The number of fused-ring (bicyclic) bond motifs is 1. The quantitative estimate of drug-likeness (QED) is 0.449. The number of carbonyl (C=O) groups is 3. The van der Waals surface area contributed by atoms with E-state index in [1.54, 1.807) is 18.2 Å². The molecule has 1 aromatic carbocycles. The van der Waals surface area contributed by atoms with Crippen LogP contribution >= 0.6 is 0 Å². The van der Waals surface area contributed by atoms with Crippen molar-refractivity contribution >= 4 is 18.5 Å². The second-order valence-electron chi connectivity index (χ2n) is 5.16. The lowest BCUT2D eigenvalue weighted by molar-refractivity contribution is -0.143. The van der Waals surface area contributed by atoms with Crippen molar-refractivity contribution < 1.29 is 29.0 Å². The normalized spacial score (nSPS) is 12.7. The lowest BCUT2D eigenvalue weighted by Crippen LogP contribution is -2.14. The number of benzene rings is 1. The Hall–Kier alpha value is -2.37. The van der Waals surface area contributed by atoms with Crippen LogP contribution in [0, 0.1) is 5.92 Å². The third-order valence-electron chi connectivity index (χ3n) is 3.38. The molecule has 1 N–H and O–H groups in total. The van der Waals surface area contributed by atoms with Gasteiger partial charge in [-0.2, -0.15) is 0 Å². The van der Waals surface area contributed by atoms with E-state index < -0.39 is 11.9 Å². The maximum atomic E-state index is 10.4. The summed E-state index contributed by atoms with van der Waals surface area (Å²) in [6.07, 6.45) is 5.89. The number of aliphatic carboxylic acids is 1. The second-order valence-corrected chi connectivity index (χ2v) is 5.16. The first kappa shape index (κ1) is 18.7. The predicted molar refractivity (Wildman–Crippen MR) is 83.9 cm³/mol. The van der Waals surface area contributed by atoms with E-state index in [9.17, 15) is 14.4 Å². The lowest BCUT2D eigenvalue weighted by atomic mass is 10.0. The summed E-state index contributed by atoms with van der Waals surface area (Å²) in [5.74, 6) is -0.437. The van der Waals surface area contributed by atoms with Gasteiger partial charge in [0.1, 0.15) is 18.5 Å². The summed E-state index contributed by atoms with van der Waals surface area (Å²) in [6, 6.07) is 5.09. The van der Waals surface area contributed by atoms with Gasteiger partial charge in [-0.05, 0) is 24.6 Å². The molecule has 1 aliphatic heterocycles. The maximum absolute atomic E-state index is 10.4. The number of rotatable bonds is 8. The van der Waals surface area contributed by atoms with Crippen LogP contribution in [0.15, 0.2) is 18.2 Å². The highest BCUT2D eigenvalue weighted by Gasteiger charge is 2.14. The average molecular weight is 322 g/mol. The van der Waals surface area contributed by atoms with E-state index in [0.29, 0.717) is 29.8 Å². The van der Waals surface area contributed by atoms with Gasteiger partial charge in [0.15, 0.2) is 11.5 Å². The Morgan fingerprint density at radius 3 is 2.57 bits per heavy atom. The number of hydrogen-bond acceptors (Lipinski definition) is 5. The van der Waals surface area contributed by atoms with Crippen LogP contribution in [0.3, 0.4) is 0 Å². The number of ether oxygens (including phenoxy) is 2. The van der Waals surface area contributed by atoms with Gasteiger partial charge >= 0.3 is 5.97 Å². The molecule has 0 amide bonds. The fourth-order valence-electron chi connectivity index (χ4n) is 2.03. The van der Waals surface area contributed by atoms with Crippen LogP contribution in [0.1, 0.15) is 49.4 Å². The fourth-order valence-corrected chi connectivity index (χ4v) is 2.03. The molecule has 1 aliphatic rings. The Kier molecular flexibility index (Phi) is 8.42. The van der Waals surface area contributed by atoms with Crippen LogP contribution in [-0.4, -0.2) is 30.4 Å². The standard InChI is InChI=1S/C9H16O3.C8H6O3/c1-2-3-4-5-6-8(7-10)9(11)12;9-4-6-1-2-7-8(3-6)11-5-10-7/h7-8H,2-6H2,1H3,(H,11,12);1-4H,5H2. The van der Waals surface area contributed by atoms with Crippen molar-refractivity contribution in [3.05, 3.63) is 23.8 Å². The second kappa shape index (κ2) is 10.4. The van der Waals surface area contributed by atoms with E-state index in [1.165, 1.54) is 0 Å². The first-order chi connectivity index (χ1) is 11.1. The van der Waals surface area contributed by atoms with Crippen LogP contribution in [0.25, 0.3) is 0 Å². The van der Waals surface area contributed by atoms with Gasteiger partial charge in [-0.25, -0.2) is 0 Å². The summed E-state index contributed by atoms with van der Waals surface area (Å²) in [7, 11) is 0. The predicted octanol–water partition coefficient (Wildman–Crippen LogP) is 3.08. The van der Waals surface area contributed by atoms with Crippen molar-refractivity contribution in [2.45, 2.75) is 39.0 Å². The number of carbonyl (C=O) groups excluding carboxylic acids is 2. The van der Waals surface area contributed by atoms with Crippen molar-refractivity contribution in [1.82, 2.24) is 0 Å². The topological polar surface area (TPSA) is 89.9 Å². The van der Waals surface area contributed by atoms with Crippen LogP contribution < -0.4 is 9.47 Å². The van der Waals surface area contributed by atoms with Gasteiger partial charge in [0, 0.05) is 5.56 Å². The molecule has 6 nitrogen and oxygen atoms in total. The summed E-state index contributed by atoms with van der Waals surface area (Å²) in [5.41, 5.74) is 0.606. The maximum Gasteiger partial charge on any atom is 0.313 e. The third kappa shape index (κ3) is 6.50. The van der Waals surface area contributed by atoms with Gasteiger partial charge in [0.05, 0.1) is 0 Å². The molecule has 0 bridgehead atoms. The van der Waals surface area contributed by atoms with Gasteiger partial charge in [0.2, 0.25) is 6.79 Å². The number of aldehydes is 2. The molecule has 1 aromatic rings. The minimum Gasteiger partial charge on any atom is -0.481 e. The summed E-state index contributed by atoms with van der Waals surface area (Å²) < 4.78 is 10.1. The fraction of sp³-hybridized carbons (Fsp3) is 0.471. The van der Waals surface area contributed by atoms with Crippen molar-refractivity contribution in [3.63, 3.8) is 0 Å². The van der Waals surface area contributed by atoms with E-state index in [2.05, 4.69) is 6.92 Å². The van der Waals surface area contributed by atoms with Gasteiger partial charge in [0.25, 0.3) is 0 Å². The molecule has 1 heterocycles. The molecule has 1 unspecified atom stereocenters. The number of carboxylic acids is 1. The van der Waals surface area contributed by atoms with Gasteiger partial charge < -0.3 is 19.4 Å². The van der Waals surface area contributed by atoms with E-state index >= 15 is 0 Å². The van der Waals surface area contributed by atoms with Gasteiger partial charge in [-0.1, -0.05) is 32.6 Å². The Morgan fingerprint density at radius 1 is 1.22 bits per heavy atom. The van der Waals surface area contributed by atoms with Crippen molar-refractivity contribution in [2.24, 2.45) is 5.92 Å². The molecule has 0 aliphatic carbocycles. The SMILES string of the molecule is CCCCCCC(C=O)C(=O)O.O=Cc1ccc2c(c1)OCO2. The zero-order valence-corrected chi connectivity index (χ0v) is 13.2. The average Bonchev–Trinajstić information content (AvgIpc) is 3.02. The molecular formula is C17H22O6. The molecule has 1 atom stereocenters. The van der Waals surface area contributed by atoms with Crippen LogP contribution in [0.2, 0.25) is 0 Å². The number of unbranched alkanes of at least 4 members (excludes halogenated alkanes) is 3. The molecule has 0 fully saturated rings. The first-order valence-electron chi connectivity index (χ1n) is 7.65. The smallest absolute Gasteiger partial charge is 0.313 e. The van der Waals surface area contributed by atoms with E-state index in [1.807, 2.05) is 0 Å². The molecular weight excluding hydrogens is 300 g/mol. The Morgan fingerprint density at radius 2 is 1.96 bits per heavy atom. The number of hydrogen-bond donors (Lipinski definition) is 1. The van der Waals surface area contributed by atoms with Gasteiger partial charge in [-0.15, -0.1) is 0 Å². The molecule has 0 spiro atoms. The van der Waals surface area contributed by atoms with Crippen molar-refractivity contribution in [2.75, 3.05) is 6.79 Å². The number of carboxylic acid groups (broad SMARTS) is 1. The Balaban J connectivity index is 0.000000230. The Bertz CT molecular complexity index is 526. The largest absolute Gasteiger partial charge is 0.481 e. The minimum atomic E-state index is -0.999. The van der Waals surface area contributed by atoms with Crippen LogP contribution in [0.4, 0.5) is 0 Å². The zero-order valence-electron chi connectivity index (χ0n) is 13.2. The Labute approximate surface area is 135 Å². The molecule has 2 rings (SSSR count). The molecule has 126 valence electrons. The lowest BCUT2D eigenvalue weighted by Gasteiger charge is -2.03. The first-order valence-corrected chi connectivity index (χ1v) is 7.65. The van der Waals surface area contributed by atoms with Crippen molar-refractivity contribution in [1.29, 1.82) is 0 Å². The molecule has 6 heteroatoms. The van der Waals surface area contributed by atoms with E-state index in [4.69, 9.17) is 14.6 Å². The van der Waals surface area contributed by atoms with Crippen LogP contribution in [-0.2, 0) is 9.59 Å². The summed E-state index contributed by atoms with van der Waals surface area (Å²) in [6.45, 7) is 2.34. The summed E-state index contributed by atoms with van der Waals surface area (Å²) >= 11 is 0. The van der Waals surface area contributed by atoms with Gasteiger partial charge in [-0.3, -0.25) is 9.59 Å². The zero-order chi connectivity index (χ0) is 17.1. The highest BCUT2D eigenvalue weighted by atomic mass is 16.7. The minimum absolute atomic E-state index is 0.248. The molecule has 0 saturated carbocycles. The molecule has 0 radical (unpaired) electrons. The van der Waals surface area contributed by atoms with Crippen LogP contribution in [0.5, 0.6) is 11.5 Å². The molecule has 23 heavy (non-hydrogen) atoms. The molecule has 0 saturated heterocycles. The van der Waals surface area contributed by atoms with Crippen molar-refractivity contribution in [3.8, 4) is 11.5 Å². The van der Waals surface area contributed by atoms with E-state index in [-0.39, 0.29) is 6.79 Å². The summed E-state index contributed by atoms with van der Waals surface area (Å²) in [4.78, 5) is 30.9. The highest BCUT2D eigenvalue weighted by Crippen LogP contribution is 2.31. The third-order valence-corrected chi connectivity index (χ3v) is 3.38. The van der Waals surface area contributed by atoms with E-state index in [0.717, 1.165) is 32.0 Å².